The Labute approximate surface area is 163 Å². The first-order chi connectivity index (χ1) is 13.1. The average Bonchev–Trinajstić information content (AvgIpc) is 2.65. The van der Waals surface area contributed by atoms with Crippen LogP contribution in [-0.2, 0) is 11.3 Å². The van der Waals surface area contributed by atoms with E-state index in [0.29, 0.717) is 32.1 Å². The molecule has 1 saturated carbocycles. The molecule has 1 aliphatic heterocycles. The lowest BCUT2D eigenvalue weighted by Crippen LogP contribution is -2.58. The number of nitrogens with one attached hydrogen (secondary N) is 1. The molecule has 0 bridgehead atoms. The summed E-state index contributed by atoms with van der Waals surface area (Å²) in [4.78, 5) is 14.8. The molecule has 3 rings (SSSR count). The number of likely N-dealkylation sites (tertiary alicyclic amines) is 1. The van der Waals surface area contributed by atoms with E-state index in [-0.39, 0.29) is 5.91 Å². The number of carbonyl (C=O) groups excluding carboxylic acids is 1. The maximum atomic E-state index is 13.0. The van der Waals surface area contributed by atoms with E-state index in [1.807, 2.05) is 24.3 Å². The molecular formula is C22H34N2O3. The summed E-state index contributed by atoms with van der Waals surface area (Å²) in [5.74, 6) is 0.646. The maximum Gasteiger partial charge on any atom is 0.256 e. The number of nitrogens with zero attached hydrogens (tertiary/aromatic N) is 1. The molecule has 1 amide bonds. The lowest BCUT2D eigenvalue weighted by atomic mass is 9.90. The van der Waals surface area contributed by atoms with Crippen molar-refractivity contribution in [1.82, 2.24) is 10.2 Å². The summed E-state index contributed by atoms with van der Waals surface area (Å²) in [5.41, 5.74) is -0.251. The molecule has 27 heavy (non-hydrogen) atoms. The zero-order valence-corrected chi connectivity index (χ0v) is 16.6. The normalized spacial score (nSPS) is 25.1. The molecule has 1 aromatic carbocycles. The molecule has 5 heteroatoms. The van der Waals surface area contributed by atoms with Crippen LogP contribution in [0.3, 0.4) is 0 Å². The van der Waals surface area contributed by atoms with Crippen molar-refractivity contribution >= 4 is 5.91 Å². The Morgan fingerprint density at radius 3 is 2.67 bits per heavy atom. The van der Waals surface area contributed by atoms with Crippen molar-refractivity contribution in [2.45, 2.75) is 76.0 Å². The lowest BCUT2D eigenvalue weighted by molar-refractivity contribution is -0.157. The van der Waals surface area contributed by atoms with Gasteiger partial charge in [-0.15, -0.1) is 0 Å². The van der Waals surface area contributed by atoms with Gasteiger partial charge in [0.1, 0.15) is 5.75 Å². The molecule has 1 aliphatic carbocycles. The molecule has 1 atom stereocenters. The van der Waals surface area contributed by atoms with E-state index in [0.717, 1.165) is 30.6 Å². The average molecular weight is 375 g/mol. The number of methoxy groups -OCH3 is 1. The van der Waals surface area contributed by atoms with E-state index in [1.54, 1.807) is 12.0 Å². The number of carbonyl (C=O) groups is 1. The second-order valence-corrected chi connectivity index (χ2v) is 8.14. The Bertz CT molecular complexity index is 613. The maximum absolute atomic E-state index is 13.0. The number of piperidine rings is 1. The molecule has 1 aromatic rings. The largest absolute Gasteiger partial charge is 0.497 e. The number of ether oxygens (including phenoxy) is 1. The minimum Gasteiger partial charge on any atom is -0.497 e. The summed E-state index contributed by atoms with van der Waals surface area (Å²) in [6, 6.07) is 8.21. The van der Waals surface area contributed by atoms with Gasteiger partial charge in [0, 0.05) is 25.7 Å². The van der Waals surface area contributed by atoms with Crippen LogP contribution in [0.25, 0.3) is 0 Å². The van der Waals surface area contributed by atoms with E-state index < -0.39 is 5.60 Å². The summed E-state index contributed by atoms with van der Waals surface area (Å²) in [7, 11) is 1.64. The van der Waals surface area contributed by atoms with Crippen molar-refractivity contribution in [3.63, 3.8) is 0 Å². The first-order valence-corrected chi connectivity index (χ1v) is 10.5. The minimum atomic E-state index is -1.28. The van der Waals surface area contributed by atoms with E-state index in [2.05, 4.69) is 5.32 Å². The fourth-order valence-electron chi connectivity index (χ4n) is 4.34. The molecule has 2 aliphatic rings. The van der Waals surface area contributed by atoms with E-state index in [4.69, 9.17) is 4.74 Å². The van der Waals surface area contributed by atoms with Crippen molar-refractivity contribution in [3.05, 3.63) is 29.8 Å². The van der Waals surface area contributed by atoms with Crippen LogP contribution in [-0.4, -0.2) is 47.8 Å². The van der Waals surface area contributed by atoms with Gasteiger partial charge in [-0.3, -0.25) is 4.79 Å². The molecule has 2 N–H and O–H groups in total. The first kappa shape index (κ1) is 20.2. The van der Waals surface area contributed by atoms with E-state index in [9.17, 15) is 9.90 Å². The van der Waals surface area contributed by atoms with Gasteiger partial charge >= 0.3 is 0 Å². The zero-order valence-electron chi connectivity index (χ0n) is 16.6. The van der Waals surface area contributed by atoms with Crippen LogP contribution in [0, 0.1) is 0 Å². The van der Waals surface area contributed by atoms with Gasteiger partial charge in [-0.1, -0.05) is 44.2 Å². The highest BCUT2D eigenvalue weighted by Gasteiger charge is 2.42. The highest BCUT2D eigenvalue weighted by atomic mass is 16.5. The van der Waals surface area contributed by atoms with Gasteiger partial charge in [0.2, 0.25) is 0 Å². The molecule has 0 aromatic heterocycles. The first-order valence-electron chi connectivity index (χ1n) is 10.5. The third-order valence-electron chi connectivity index (χ3n) is 6.00. The molecule has 1 saturated heterocycles. The Morgan fingerprint density at radius 2 is 1.93 bits per heavy atom. The minimum absolute atomic E-state index is 0.144. The SMILES string of the molecule is COc1cccc(CN2CCC[C@](O)(CNC3CCCCCCC3)C2=O)c1. The molecular weight excluding hydrogens is 340 g/mol. The number of aliphatic hydroxyl groups is 1. The Hall–Kier alpha value is -1.59. The van der Waals surface area contributed by atoms with Gasteiger partial charge in [0.15, 0.2) is 5.60 Å². The monoisotopic (exact) mass is 374 g/mol. The number of hydrogen-bond acceptors (Lipinski definition) is 4. The molecule has 0 spiro atoms. The van der Waals surface area contributed by atoms with Crippen molar-refractivity contribution in [2.75, 3.05) is 20.2 Å². The number of hydrogen-bond donors (Lipinski definition) is 2. The van der Waals surface area contributed by atoms with Crippen LogP contribution in [0.1, 0.15) is 63.4 Å². The van der Waals surface area contributed by atoms with Gasteiger partial charge in [0.05, 0.1) is 7.11 Å². The highest BCUT2D eigenvalue weighted by Crippen LogP contribution is 2.26. The third kappa shape index (κ3) is 5.45. The standard InChI is InChI=1S/C22H34N2O3/c1-27-20-12-7-9-18(15-20)16-24-14-8-13-22(26,21(24)25)17-23-19-10-5-3-2-4-6-11-19/h7,9,12,15,19,23,26H,2-6,8,10-11,13-14,16-17H2,1H3/t22-/m0/s1. The Balaban J connectivity index is 1.58. The predicted octanol–water partition coefficient (Wildman–Crippen LogP) is 3.25. The number of rotatable bonds is 6. The molecule has 0 unspecified atom stereocenters. The van der Waals surface area contributed by atoms with Gasteiger partial charge in [0.25, 0.3) is 5.91 Å². The molecule has 1 heterocycles. The van der Waals surface area contributed by atoms with Gasteiger partial charge in [-0.25, -0.2) is 0 Å². The quantitative estimate of drug-likeness (QED) is 0.802. The van der Waals surface area contributed by atoms with Crippen LogP contribution in [0.5, 0.6) is 5.75 Å². The van der Waals surface area contributed by atoms with Crippen LogP contribution >= 0.6 is 0 Å². The fourth-order valence-corrected chi connectivity index (χ4v) is 4.34. The topological polar surface area (TPSA) is 61.8 Å². The van der Waals surface area contributed by atoms with Crippen molar-refractivity contribution in [2.24, 2.45) is 0 Å². The second kappa shape index (κ2) is 9.56. The zero-order chi connectivity index (χ0) is 19.1. The van der Waals surface area contributed by atoms with Crippen molar-refractivity contribution in [3.8, 4) is 5.75 Å². The molecule has 0 radical (unpaired) electrons. The van der Waals surface area contributed by atoms with Gasteiger partial charge in [-0.2, -0.15) is 0 Å². The van der Waals surface area contributed by atoms with Gasteiger partial charge < -0.3 is 20.1 Å². The lowest BCUT2D eigenvalue weighted by Gasteiger charge is -2.39. The summed E-state index contributed by atoms with van der Waals surface area (Å²) in [5, 5.41) is 14.6. The Kier molecular flexibility index (Phi) is 7.13. The van der Waals surface area contributed by atoms with Crippen LogP contribution in [0.2, 0.25) is 0 Å². The highest BCUT2D eigenvalue weighted by molar-refractivity contribution is 5.86. The smallest absolute Gasteiger partial charge is 0.256 e. The second-order valence-electron chi connectivity index (χ2n) is 8.14. The third-order valence-corrected chi connectivity index (χ3v) is 6.00. The summed E-state index contributed by atoms with van der Waals surface area (Å²) >= 11 is 0. The summed E-state index contributed by atoms with van der Waals surface area (Å²) < 4.78 is 5.27. The van der Waals surface area contributed by atoms with Crippen LogP contribution < -0.4 is 10.1 Å². The van der Waals surface area contributed by atoms with Crippen molar-refractivity contribution < 1.29 is 14.6 Å². The fraction of sp³-hybridized carbons (Fsp3) is 0.682. The number of amides is 1. The van der Waals surface area contributed by atoms with Crippen LogP contribution in [0.4, 0.5) is 0 Å². The number of benzene rings is 1. The predicted molar refractivity (Wildman–Crippen MR) is 107 cm³/mol. The summed E-state index contributed by atoms with van der Waals surface area (Å²) in [6.07, 6.45) is 10.1. The van der Waals surface area contributed by atoms with E-state index in [1.165, 1.54) is 32.1 Å². The van der Waals surface area contributed by atoms with E-state index >= 15 is 0 Å². The van der Waals surface area contributed by atoms with Gasteiger partial charge in [-0.05, 0) is 43.4 Å². The van der Waals surface area contributed by atoms with Crippen LogP contribution in [0.15, 0.2) is 24.3 Å². The summed E-state index contributed by atoms with van der Waals surface area (Å²) in [6.45, 7) is 1.58. The Morgan fingerprint density at radius 1 is 1.19 bits per heavy atom. The molecule has 2 fully saturated rings. The molecule has 150 valence electrons. The molecule has 5 nitrogen and oxygen atoms in total. The van der Waals surface area contributed by atoms with Crippen molar-refractivity contribution in [1.29, 1.82) is 0 Å².